The minimum absolute atomic E-state index is 0.0722. The predicted molar refractivity (Wildman–Crippen MR) is 101 cm³/mol. The van der Waals surface area contributed by atoms with E-state index in [1.54, 1.807) is 0 Å². The van der Waals surface area contributed by atoms with Crippen molar-refractivity contribution >= 4 is 39.1 Å². The highest BCUT2D eigenvalue weighted by Gasteiger charge is 2.49. The van der Waals surface area contributed by atoms with Crippen molar-refractivity contribution < 1.29 is 23.4 Å². The average molecular weight is 437 g/mol. The van der Waals surface area contributed by atoms with Crippen LogP contribution in [0.25, 0.3) is 0 Å². The number of rotatable bonds is 5. The molecule has 7 nitrogen and oxygen atoms in total. The third kappa shape index (κ3) is 3.97. The van der Waals surface area contributed by atoms with Gasteiger partial charge in [0, 0.05) is 41.7 Å². The number of hydrogen-bond acceptors (Lipinski definition) is 5. The lowest BCUT2D eigenvalue weighted by Crippen LogP contribution is -2.55. The summed E-state index contributed by atoms with van der Waals surface area (Å²) in [6.45, 7) is -0.165. The Morgan fingerprint density at radius 1 is 1.11 bits per heavy atom. The standard InChI is InChI=1S/C17H22Cl2N2O5S/c18-12-6-13(19)8-14(7-12)27(25,26)21-15-2-1-3-16(21)17(24)20(4-5-22)9-11(15)10-23/h6-8,11,15-16,22-23H,1-5,9-10H2/t11-,15+,16-/m0/s1. The van der Waals surface area contributed by atoms with Gasteiger partial charge in [-0.15, -0.1) is 0 Å². The van der Waals surface area contributed by atoms with E-state index in [2.05, 4.69) is 0 Å². The second kappa shape index (κ2) is 8.23. The molecule has 1 amide bonds. The summed E-state index contributed by atoms with van der Waals surface area (Å²) in [5.74, 6) is -0.781. The zero-order valence-electron chi connectivity index (χ0n) is 14.6. The number of amides is 1. The zero-order chi connectivity index (χ0) is 19.8. The highest BCUT2D eigenvalue weighted by molar-refractivity contribution is 7.89. The third-order valence-corrected chi connectivity index (χ3v) is 7.57. The van der Waals surface area contributed by atoms with E-state index in [1.807, 2.05) is 0 Å². The zero-order valence-corrected chi connectivity index (χ0v) is 16.9. The van der Waals surface area contributed by atoms with E-state index in [-0.39, 0.29) is 47.2 Å². The fraction of sp³-hybridized carbons (Fsp3) is 0.588. The number of piperidine rings is 1. The van der Waals surface area contributed by atoms with Gasteiger partial charge in [0.25, 0.3) is 0 Å². The van der Waals surface area contributed by atoms with E-state index < -0.39 is 28.0 Å². The van der Waals surface area contributed by atoms with Gasteiger partial charge in [0.15, 0.2) is 0 Å². The number of benzene rings is 1. The number of carbonyl (C=O) groups excluding carboxylic acids is 1. The number of fused-ring (bicyclic) bond motifs is 2. The summed E-state index contributed by atoms with van der Waals surface area (Å²) in [5.41, 5.74) is 0. The molecule has 0 saturated carbocycles. The molecule has 1 aromatic rings. The molecule has 2 bridgehead atoms. The number of nitrogens with zero attached hydrogens (tertiary/aromatic N) is 2. The van der Waals surface area contributed by atoms with Crippen LogP contribution < -0.4 is 0 Å². The molecule has 0 spiro atoms. The highest BCUT2D eigenvalue weighted by Crippen LogP contribution is 2.37. The van der Waals surface area contributed by atoms with Crippen LogP contribution in [0.4, 0.5) is 0 Å². The summed E-state index contributed by atoms with van der Waals surface area (Å²) >= 11 is 12.0. The first kappa shape index (κ1) is 20.8. The molecule has 2 aliphatic heterocycles. The molecule has 0 aliphatic carbocycles. The minimum Gasteiger partial charge on any atom is -0.396 e. The Kier molecular flexibility index (Phi) is 6.34. The summed E-state index contributed by atoms with van der Waals surface area (Å²) < 4.78 is 28.1. The van der Waals surface area contributed by atoms with Crippen LogP contribution in [0.2, 0.25) is 10.0 Å². The fourth-order valence-electron chi connectivity index (χ4n) is 4.03. The van der Waals surface area contributed by atoms with Crippen LogP contribution in [0, 0.1) is 5.92 Å². The van der Waals surface area contributed by atoms with E-state index in [1.165, 1.54) is 27.4 Å². The van der Waals surface area contributed by atoms with E-state index in [9.17, 15) is 23.4 Å². The Balaban J connectivity index is 2.10. The maximum atomic E-state index is 13.4. The number of aliphatic hydroxyl groups is 2. The van der Waals surface area contributed by atoms with Gasteiger partial charge in [-0.05, 0) is 37.5 Å². The fourth-order valence-corrected chi connectivity index (χ4v) is 6.65. The molecule has 1 aromatic carbocycles. The first-order chi connectivity index (χ1) is 12.8. The Hall–Kier alpha value is -0.900. The van der Waals surface area contributed by atoms with Gasteiger partial charge in [0.2, 0.25) is 15.9 Å². The molecule has 2 fully saturated rings. The normalized spacial score (nSPS) is 26.9. The predicted octanol–water partition coefficient (Wildman–Crippen LogP) is 1.35. The summed E-state index contributed by atoms with van der Waals surface area (Å²) in [7, 11) is -4.06. The van der Waals surface area contributed by atoms with Crippen LogP contribution in [0.1, 0.15) is 19.3 Å². The Bertz CT molecular complexity index is 799. The smallest absolute Gasteiger partial charge is 0.244 e. The lowest BCUT2D eigenvalue weighted by atomic mass is 9.91. The number of β-amino-alcohol motifs (C(OH)–C–C–N with tert-alkyl or cyclic N) is 1. The van der Waals surface area contributed by atoms with Crippen molar-refractivity contribution in [1.82, 2.24) is 9.21 Å². The van der Waals surface area contributed by atoms with Gasteiger partial charge in [-0.1, -0.05) is 23.2 Å². The molecule has 3 rings (SSSR count). The SMILES string of the molecule is O=C1[C@@H]2CCC[C@H]([C@H](CO)CN1CCO)N2S(=O)(=O)c1cc(Cl)cc(Cl)c1. The first-order valence-electron chi connectivity index (χ1n) is 8.79. The largest absolute Gasteiger partial charge is 0.396 e. The van der Waals surface area contributed by atoms with Gasteiger partial charge in [-0.25, -0.2) is 8.42 Å². The van der Waals surface area contributed by atoms with Gasteiger partial charge in [-0.2, -0.15) is 4.31 Å². The molecule has 0 aromatic heterocycles. The van der Waals surface area contributed by atoms with Crippen LogP contribution in [0.15, 0.2) is 23.1 Å². The number of carbonyl (C=O) groups is 1. The van der Waals surface area contributed by atoms with Gasteiger partial charge in [0.1, 0.15) is 6.04 Å². The number of aliphatic hydroxyl groups excluding tert-OH is 2. The van der Waals surface area contributed by atoms with E-state index in [4.69, 9.17) is 23.2 Å². The van der Waals surface area contributed by atoms with Crippen LogP contribution in [0.5, 0.6) is 0 Å². The molecule has 2 N–H and O–H groups in total. The average Bonchev–Trinajstić information content (AvgIpc) is 2.68. The van der Waals surface area contributed by atoms with E-state index in [0.29, 0.717) is 19.3 Å². The van der Waals surface area contributed by atoms with Crippen molar-refractivity contribution in [3.63, 3.8) is 0 Å². The van der Waals surface area contributed by atoms with Gasteiger partial charge in [0.05, 0.1) is 11.5 Å². The van der Waals surface area contributed by atoms with Gasteiger partial charge >= 0.3 is 0 Å². The minimum atomic E-state index is -4.06. The topological polar surface area (TPSA) is 98.1 Å². The molecule has 0 radical (unpaired) electrons. The van der Waals surface area contributed by atoms with Gasteiger partial charge < -0.3 is 15.1 Å². The molecular formula is C17H22Cl2N2O5S. The molecule has 150 valence electrons. The van der Waals surface area contributed by atoms with E-state index in [0.717, 1.165) is 0 Å². The number of sulfonamides is 1. The molecule has 27 heavy (non-hydrogen) atoms. The molecule has 0 unspecified atom stereocenters. The highest BCUT2D eigenvalue weighted by atomic mass is 35.5. The maximum absolute atomic E-state index is 13.4. The Morgan fingerprint density at radius 3 is 2.37 bits per heavy atom. The lowest BCUT2D eigenvalue weighted by Gasteiger charge is -2.40. The molecule has 2 aliphatic rings. The van der Waals surface area contributed by atoms with Crippen molar-refractivity contribution in [2.75, 3.05) is 26.3 Å². The second-order valence-electron chi connectivity index (χ2n) is 6.90. The van der Waals surface area contributed by atoms with Crippen molar-refractivity contribution in [3.05, 3.63) is 28.2 Å². The Morgan fingerprint density at radius 2 is 1.78 bits per heavy atom. The number of halogens is 2. The summed E-state index contributed by atoms with van der Waals surface area (Å²) in [6, 6.07) is 2.69. The van der Waals surface area contributed by atoms with Crippen LogP contribution >= 0.6 is 23.2 Å². The van der Waals surface area contributed by atoms with E-state index >= 15 is 0 Å². The van der Waals surface area contributed by atoms with Gasteiger partial charge in [-0.3, -0.25) is 4.79 Å². The summed E-state index contributed by atoms with van der Waals surface area (Å²) in [5, 5.41) is 19.5. The van der Waals surface area contributed by atoms with Crippen LogP contribution in [-0.4, -0.2) is 72.1 Å². The molecule has 2 heterocycles. The third-order valence-electron chi connectivity index (χ3n) is 5.22. The second-order valence-corrected chi connectivity index (χ2v) is 9.62. The van der Waals surface area contributed by atoms with Crippen LogP contribution in [0.3, 0.4) is 0 Å². The van der Waals surface area contributed by atoms with Crippen molar-refractivity contribution in [2.24, 2.45) is 5.92 Å². The molecule has 2 saturated heterocycles. The Labute approximate surface area is 168 Å². The summed E-state index contributed by atoms with van der Waals surface area (Å²) in [4.78, 5) is 14.4. The van der Waals surface area contributed by atoms with Crippen molar-refractivity contribution in [1.29, 1.82) is 0 Å². The van der Waals surface area contributed by atoms with Crippen molar-refractivity contribution in [2.45, 2.75) is 36.2 Å². The van der Waals surface area contributed by atoms with Crippen LogP contribution in [-0.2, 0) is 14.8 Å². The first-order valence-corrected chi connectivity index (χ1v) is 11.0. The lowest BCUT2D eigenvalue weighted by molar-refractivity contribution is -0.135. The van der Waals surface area contributed by atoms with Crippen molar-refractivity contribution in [3.8, 4) is 0 Å². The number of hydrogen-bond donors (Lipinski definition) is 2. The quantitative estimate of drug-likeness (QED) is 0.725. The molecule has 10 heteroatoms. The monoisotopic (exact) mass is 436 g/mol. The molecular weight excluding hydrogens is 415 g/mol. The summed E-state index contributed by atoms with van der Waals surface area (Å²) in [6.07, 6.45) is 1.63. The maximum Gasteiger partial charge on any atom is 0.244 e. The molecule has 3 atom stereocenters.